The normalized spacial score (nSPS) is 22.6. The molecule has 20 heavy (non-hydrogen) atoms. The second kappa shape index (κ2) is 5.76. The Bertz CT molecular complexity index is 503. The summed E-state index contributed by atoms with van der Waals surface area (Å²) >= 11 is 1.66. The van der Waals surface area contributed by atoms with Crippen molar-refractivity contribution in [3.63, 3.8) is 0 Å². The highest BCUT2D eigenvalue weighted by atomic mass is 32.1. The average molecular weight is 292 g/mol. The predicted octanol–water partition coefficient (Wildman–Crippen LogP) is 3.79. The van der Waals surface area contributed by atoms with Crippen LogP contribution >= 0.6 is 11.3 Å². The summed E-state index contributed by atoms with van der Waals surface area (Å²) in [4.78, 5) is 16.3. The van der Waals surface area contributed by atoms with Crippen molar-refractivity contribution in [1.29, 1.82) is 0 Å². The Morgan fingerprint density at radius 1 is 1.30 bits per heavy atom. The van der Waals surface area contributed by atoms with Crippen LogP contribution in [0.1, 0.15) is 72.2 Å². The van der Waals surface area contributed by atoms with Gasteiger partial charge in [-0.3, -0.25) is 4.79 Å². The summed E-state index contributed by atoms with van der Waals surface area (Å²) in [5, 5.41) is 0.755. The van der Waals surface area contributed by atoms with E-state index >= 15 is 0 Å². The lowest BCUT2D eigenvalue weighted by atomic mass is 9.83. The molecule has 2 aliphatic rings. The third-order valence-electron chi connectivity index (χ3n) is 4.76. The number of hydrogen-bond donors (Lipinski definition) is 1. The Morgan fingerprint density at radius 2 is 2.05 bits per heavy atom. The van der Waals surface area contributed by atoms with E-state index in [1.807, 2.05) is 4.90 Å². The van der Waals surface area contributed by atoms with Crippen molar-refractivity contribution < 1.29 is 4.79 Å². The largest absolute Gasteiger partial charge is 0.390 e. The van der Waals surface area contributed by atoms with Gasteiger partial charge in [0.1, 0.15) is 0 Å². The monoisotopic (exact) mass is 292 g/mol. The molecule has 110 valence electrons. The second-order valence-corrected chi connectivity index (χ2v) is 7.17. The second-order valence-electron chi connectivity index (χ2n) is 6.03. The lowest BCUT2D eigenvalue weighted by molar-refractivity contribution is 0.0724. The molecule has 3 nitrogen and oxygen atoms in total. The van der Waals surface area contributed by atoms with Crippen LogP contribution in [0.4, 0.5) is 5.00 Å². The quantitative estimate of drug-likeness (QED) is 0.901. The molecule has 2 N–H and O–H groups in total. The first kappa shape index (κ1) is 13.9. The van der Waals surface area contributed by atoms with Gasteiger partial charge in [-0.25, -0.2) is 0 Å². The van der Waals surface area contributed by atoms with Gasteiger partial charge in [0.05, 0.1) is 10.6 Å². The van der Waals surface area contributed by atoms with Crippen molar-refractivity contribution in [2.75, 3.05) is 18.8 Å². The third kappa shape index (κ3) is 2.34. The molecular formula is C16H24N2OS. The standard InChI is InChI=1S/C16H24N2OS/c1-2-11-7-6-8-12-13(11)14(15(17)20-12)16(19)18-9-4-3-5-10-18/h11H,2-10,17H2,1H3. The zero-order chi connectivity index (χ0) is 14.1. The van der Waals surface area contributed by atoms with E-state index in [2.05, 4.69) is 6.92 Å². The number of likely N-dealkylation sites (tertiary alicyclic amines) is 1. The van der Waals surface area contributed by atoms with Crippen LogP contribution < -0.4 is 5.73 Å². The number of nitrogen functional groups attached to an aromatic ring is 1. The first-order chi connectivity index (χ1) is 9.72. The lowest BCUT2D eigenvalue weighted by Gasteiger charge is -2.29. The molecule has 1 amide bonds. The van der Waals surface area contributed by atoms with Crippen LogP contribution in [0.3, 0.4) is 0 Å². The van der Waals surface area contributed by atoms with Crippen molar-refractivity contribution >= 4 is 22.2 Å². The number of thiophene rings is 1. The Balaban J connectivity index is 1.96. The first-order valence-electron chi connectivity index (χ1n) is 7.92. The minimum absolute atomic E-state index is 0.194. The Labute approximate surface area is 125 Å². The Hall–Kier alpha value is -1.03. The first-order valence-corrected chi connectivity index (χ1v) is 8.74. The van der Waals surface area contributed by atoms with Gasteiger partial charge in [0.15, 0.2) is 0 Å². The molecule has 1 atom stereocenters. The highest BCUT2D eigenvalue weighted by Crippen LogP contribution is 2.44. The number of carbonyl (C=O) groups excluding carboxylic acids is 1. The minimum Gasteiger partial charge on any atom is -0.390 e. The number of nitrogens with two attached hydrogens (primary N) is 1. The summed E-state index contributed by atoms with van der Waals surface area (Å²) in [6.45, 7) is 4.03. The molecule has 1 aromatic heterocycles. The number of rotatable bonds is 2. The fraction of sp³-hybridized carbons (Fsp3) is 0.688. The minimum atomic E-state index is 0.194. The smallest absolute Gasteiger partial charge is 0.257 e. The van der Waals surface area contributed by atoms with Gasteiger partial charge in [-0.05, 0) is 56.4 Å². The van der Waals surface area contributed by atoms with Crippen LogP contribution in [0, 0.1) is 0 Å². The van der Waals surface area contributed by atoms with Crippen LogP contribution in [0.5, 0.6) is 0 Å². The van der Waals surface area contributed by atoms with Crippen LogP contribution in [-0.2, 0) is 6.42 Å². The predicted molar refractivity (Wildman–Crippen MR) is 84.5 cm³/mol. The molecule has 0 saturated carbocycles. The van der Waals surface area contributed by atoms with E-state index in [0.717, 1.165) is 49.3 Å². The highest BCUT2D eigenvalue weighted by Gasteiger charge is 2.31. The zero-order valence-electron chi connectivity index (χ0n) is 12.3. The summed E-state index contributed by atoms with van der Waals surface area (Å²) < 4.78 is 0. The number of fused-ring (bicyclic) bond motifs is 1. The van der Waals surface area contributed by atoms with E-state index in [9.17, 15) is 4.79 Å². The molecular weight excluding hydrogens is 268 g/mol. The van der Waals surface area contributed by atoms with Gasteiger partial charge in [-0.1, -0.05) is 6.92 Å². The summed E-state index contributed by atoms with van der Waals surface area (Å²) in [6, 6.07) is 0. The summed E-state index contributed by atoms with van der Waals surface area (Å²) in [5.41, 5.74) is 8.38. The van der Waals surface area contributed by atoms with E-state index in [4.69, 9.17) is 5.73 Å². The molecule has 1 fully saturated rings. The molecule has 1 saturated heterocycles. The van der Waals surface area contributed by atoms with Crippen LogP contribution in [0.2, 0.25) is 0 Å². The van der Waals surface area contributed by atoms with Gasteiger partial charge in [0, 0.05) is 18.0 Å². The molecule has 0 aromatic carbocycles. The fourth-order valence-electron chi connectivity index (χ4n) is 3.67. The van der Waals surface area contributed by atoms with Gasteiger partial charge in [0.2, 0.25) is 0 Å². The Morgan fingerprint density at radius 3 is 2.75 bits per heavy atom. The average Bonchev–Trinajstić information content (AvgIpc) is 2.83. The molecule has 0 spiro atoms. The number of piperidine rings is 1. The molecule has 0 radical (unpaired) electrons. The molecule has 4 heteroatoms. The van der Waals surface area contributed by atoms with Gasteiger partial charge < -0.3 is 10.6 Å². The topological polar surface area (TPSA) is 46.3 Å². The molecule has 0 bridgehead atoms. The molecule has 1 unspecified atom stereocenters. The van der Waals surface area contributed by atoms with Gasteiger partial charge in [-0.15, -0.1) is 11.3 Å². The van der Waals surface area contributed by atoms with Crippen molar-refractivity contribution in [2.45, 2.75) is 57.8 Å². The summed E-state index contributed by atoms with van der Waals surface area (Å²) in [5.74, 6) is 0.732. The molecule has 1 aromatic rings. The van der Waals surface area contributed by atoms with E-state index < -0.39 is 0 Å². The fourth-order valence-corrected chi connectivity index (χ4v) is 4.86. The summed E-state index contributed by atoms with van der Waals surface area (Å²) in [6.07, 6.45) is 8.18. The van der Waals surface area contributed by atoms with Gasteiger partial charge in [0.25, 0.3) is 5.91 Å². The maximum absolute atomic E-state index is 12.9. The maximum Gasteiger partial charge on any atom is 0.257 e. The van der Waals surface area contributed by atoms with Crippen molar-refractivity contribution in [1.82, 2.24) is 4.90 Å². The molecule has 3 rings (SSSR count). The number of carbonyl (C=O) groups is 1. The Kier molecular flexibility index (Phi) is 4.01. The van der Waals surface area contributed by atoms with E-state index in [0.29, 0.717) is 5.92 Å². The molecule has 1 aliphatic heterocycles. The van der Waals surface area contributed by atoms with Crippen molar-refractivity contribution in [2.24, 2.45) is 0 Å². The van der Waals surface area contributed by atoms with E-state index in [-0.39, 0.29) is 5.91 Å². The van der Waals surface area contributed by atoms with Crippen LogP contribution in [-0.4, -0.2) is 23.9 Å². The third-order valence-corrected chi connectivity index (χ3v) is 5.86. The summed E-state index contributed by atoms with van der Waals surface area (Å²) in [7, 11) is 0. The number of hydrogen-bond acceptors (Lipinski definition) is 3. The van der Waals surface area contributed by atoms with E-state index in [1.54, 1.807) is 11.3 Å². The highest BCUT2D eigenvalue weighted by molar-refractivity contribution is 7.16. The van der Waals surface area contributed by atoms with Gasteiger partial charge >= 0.3 is 0 Å². The van der Waals surface area contributed by atoms with Crippen molar-refractivity contribution in [3.05, 3.63) is 16.0 Å². The van der Waals surface area contributed by atoms with Crippen LogP contribution in [0.15, 0.2) is 0 Å². The molecule has 2 heterocycles. The number of nitrogens with zero attached hydrogens (tertiary/aromatic N) is 1. The SMILES string of the molecule is CCC1CCCc2sc(N)c(C(=O)N3CCCCC3)c21. The van der Waals surface area contributed by atoms with Gasteiger partial charge in [-0.2, -0.15) is 0 Å². The van der Waals surface area contributed by atoms with Crippen molar-refractivity contribution in [3.8, 4) is 0 Å². The van der Waals surface area contributed by atoms with Crippen LogP contribution in [0.25, 0.3) is 0 Å². The number of aryl methyl sites for hydroxylation is 1. The zero-order valence-corrected chi connectivity index (χ0v) is 13.1. The van der Waals surface area contributed by atoms with E-state index in [1.165, 1.54) is 29.7 Å². The molecule has 1 aliphatic carbocycles. The number of amides is 1. The lowest BCUT2D eigenvalue weighted by Crippen LogP contribution is -2.36. The number of anilines is 1. The maximum atomic E-state index is 12.9.